The summed E-state index contributed by atoms with van der Waals surface area (Å²) in [6, 6.07) is 4.82. The van der Waals surface area contributed by atoms with Gasteiger partial charge in [-0.05, 0) is 43.1 Å². The van der Waals surface area contributed by atoms with E-state index in [4.69, 9.17) is 25.5 Å². The first-order valence-electron chi connectivity index (χ1n) is 15.4. The quantitative estimate of drug-likeness (QED) is 0.0642. The topological polar surface area (TPSA) is 131 Å². The highest BCUT2D eigenvalue weighted by atomic mass is 35.5. The minimum Gasteiger partial charge on any atom is -0.414 e. The Balaban J connectivity index is 1.58. The minimum atomic E-state index is -1.87. The maximum Gasteiger partial charge on any atom is 0.270 e. The Morgan fingerprint density at radius 1 is 1.18 bits per heavy atom. The van der Waals surface area contributed by atoms with Crippen LogP contribution in [0.4, 0.5) is 11.5 Å². The SMILES string of the molecule is CC(C)(C)[Si](C)(C)OC[C@@H]1CC[C@@H](Nc2ncnc3c2c(C(=O)c2ccc([N+](=O)[O-])cc2Cl)cn3COCC[Si](C)(C)C)CO1. The van der Waals surface area contributed by atoms with Crippen LogP contribution in [0.25, 0.3) is 11.0 Å². The number of halogens is 1. The Hall–Kier alpha value is -2.69. The van der Waals surface area contributed by atoms with Crippen molar-refractivity contribution >= 4 is 56.3 Å². The summed E-state index contributed by atoms with van der Waals surface area (Å²) in [4.78, 5) is 33.7. The van der Waals surface area contributed by atoms with E-state index < -0.39 is 21.3 Å². The number of nitro benzene ring substituents is 1. The van der Waals surface area contributed by atoms with Gasteiger partial charge in [0.05, 0.1) is 46.3 Å². The molecule has 0 aliphatic carbocycles. The Kier molecular flexibility index (Phi) is 10.9. The molecule has 1 aliphatic heterocycles. The lowest BCUT2D eigenvalue weighted by atomic mass is 10.0. The molecule has 0 spiro atoms. The van der Waals surface area contributed by atoms with Crippen LogP contribution in [-0.4, -0.2) is 73.6 Å². The summed E-state index contributed by atoms with van der Waals surface area (Å²) < 4.78 is 20.4. The number of nitrogens with one attached hydrogen (secondary N) is 1. The highest BCUT2D eigenvalue weighted by Crippen LogP contribution is 2.37. The van der Waals surface area contributed by atoms with E-state index in [1.165, 1.54) is 24.5 Å². The summed E-state index contributed by atoms with van der Waals surface area (Å²) in [6.45, 7) is 19.9. The van der Waals surface area contributed by atoms with Gasteiger partial charge in [0.25, 0.3) is 5.69 Å². The van der Waals surface area contributed by atoms with Crippen LogP contribution in [0.1, 0.15) is 49.5 Å². The van der Waals surface area contributed by atoms with Gasteiger partial charge in [-0.15, -0.1) is 0 Å². The fraction of sp³-hybridized carbons (Fsp3) is 0.581. The van der Waals surface area contributed by atoms with Gasteiger partial charge >= 0.3 is 0 Å². The number of carbonyl (C=O) groups excluding carboxylic acids is 1. The average Bonchev–Trinajstić information content (AvgIpc) is 3.33. The van der Waals surface area contributed by atoms with E-state index in [1.807, 2.05) is 0 Å². The third-order valence-electron chi connectivity index (χ3n) is 8.68. The molecular formula is C31H46ClN5O6Si2. The fourth-order valence-electron chi connectivity index (χ4n) is 4.75. The lowest BCUT2D eigenvalue weighted by molar-refractivity contribution is -0.384. The second-order valence-electron chi connectivity index (χ2n) is 14.5. The average molecular weight is 676 g/mol. The molecule has 1 aliphatic rings. The Morgan fingerprint density at radius 2 is 1.91 bits per heavy atom. The second-order valence-corrected chi connectivity index (χ2v) is 25.3. The van der Waals surface area contributed by atoms with Gasteiger partial charge in [-0.3, -0.25) is 14.9 Å². The summed E-state index contributed by atoms with van der Waals surface area (Å²) in [7, 11) is -3.16. The Bertz CT molecular complexity index is 1530. The first-order valence-corrected chi connectivity index (χ1v) is 22.4. The third-order valence-corrected chi connectivity index (χ3v) is 15.2. The number of non-ortho nitro benzene ring substituents is 1. The fourth-order valence-corrected chi connectivity index (χ4v) is 6.81. The first-order chi connectivity index (χ1) is 21.0. The summed E-state index contributed by atoms with van der Waals surface area (Å²) in [5.41, 5.74) is 0.835. The predicted octanol–water partition coefficient (Wildman–Crippen LogP) is 7.52. The van der Waals surface area contributed by atoms with E-state index in [0.29, 0.717) is 42.2 Å². The summed E-state index contributed by atoms with van der Waals surface area (Å²) in [5.74, 6) is 0.119. The van der Waals surface area contributed by atoms with Crippen LogP contribution in [-0.2, 0) is 20.6 Å². The molecule has 0 radical (unpaired) electrons. The van der Waals surface area contributed by atoms with Gasteiger partial charge in [0.1, 0.15) is 24.5 Å². The van der Waals surface area contributed by atoms with Crippen LogP contribution >= 0.6 is 11.6 Å². The predicted molar refractivity (Wildman–Crippen MR) is 183 cm³/mol. The van der Waals surface area contributed by atoms with Gasteiger partial charge in [-0.25, -0.2) is 9.97 Å². The maximum absolute atomic E-state index is 13.9. The van der Waals surface area contributed by atoms with E-state index in [-0.39, 0.29) is 46.0 Å². The molecule has 1 saturated heterocycles. The van der Waals surface area contributed by atoms with Crippen LogP contribution in [0.15, 0.2) is 30.7 Å². The zero-order valence-electron chi connectivity index (χ0n) is 27.6. The van der Waals surface area contributed by atoms with Crippen molar-refractivity contribution in [2.24, 2.45) is 0 Å². The summed E-state index contributed by atoms with van der Waals surface area (Å²) >= 11 is 6.38. The van der Waals surface area contributed by atoms with E-state index in [9.17, 15) is 14.9 Å². The van der Waals surface area contributed by atoms with Gasteiger partial charge in [0.2, 0.25) is 0 Å². The molecule has 0 unspecified atom stereocenters. The molecule has 14 heteroatoms. The highest BCUT2D eigenvalue weighted by molar-refractivity contribution is 6.76. The second kappa shape index (κ2) is 14.0. The Labute approximate surface area is 272 Å². The zero-order chi connectivity index (χ0) is 33.2. The molecular weight excluding hydrogens is 630 g/mol. The number of rotatable bonds is 13. The smallest absolute Gasteiger partial charge is 0.270 e. The van der Waals surface area contributed by atoms with E-state index in [0.717, 1.165) is 18.9 Å². The number of fused-ring (bicyclic) bond motifs is 1. The van der Waals surface area contributed by atoms with Crippen molar-refractivity contribution in [3.05, 3.63) is 57.0 Å². The van der Waals surface area contributed by atoms with Crippen molar-refractivity contribution in [1.29, 1.82) is 0 Å². The zero-order valence-corrected chi connectivity index (χ0v) is 30.4. The lowest BCUT2D eigenvalue weighted by Crippen LogP contribution is -2.44. The molecule has 4 rings (SSSR count). The molecule has 3 aromatic rings. The molecule has 3 heterocycles. The van der Waals surface area contributed by atoms with Crippen LogP contribution in [0.3, 0.4) is 0 Å². The van der Waals surface area contributed by atoms with Crippen LogP contribution in [0.5, 0.6) is 0 Å². The van der Waals surface area contributed by atoms with E-state index in [1.54, 1.807) is 10.8 Å². The number of aromatic nitrogens is 3. The number of benzene rings is 1. The minimum absolute atomic E-state index is 0.000477. The van der Waals surface area contributed by atoms with E-state index >= 15 is 0 Å². The molecule has 11 nitrogen and oxygen atoms in total. The molecule has 246 valence electrons. The van der Waals surface area contributed by atoms with Crippen molar-refractivity contribution in [3.63, 3.8) is 0 Å². The van der Waals surface area contributed by atoms with Crippen molar-refractivity contribution in [2.75, 3.05) is 25.1 Å². The molecule has 0 amide bonds. The van der Waals surface area contributed by atoms with Crippen molar-refractivity contribution in [1.82, 2.24) is 14.5 Å². The van der Waals surface area contributed by atoms with Crippen LogP contribution < -0.4 is 5.32 Å². The molecule has 2 atom stereocenters. The van der Waals surface area contributed by atoms with Crippen LogP contribution in [0.2, 0.25) is 48.8 Å². The number of ether oxygens (including phenoxy) is 2. The van der Waals surface area contributed by atoms with E-state index in [2.05, 4.69) is 68.8 Å². The van der Waals surface area contributed by atoms with Gasteiger partial charge < -0.3 is 23.8 Å². The van der Waals surface area contributed by atoms with Gasteiger partial charge in [0, 0.05) is 38.6 Å². The standard InChI is InChI=1S/C31H46ClN5O6Si2/c1-31(2,3)45(7,8)43-18-23-11-9-21(17-42-23)35-29-27-25(28(38)24-12-10-22(37(39)40)15-26(24)32)16-36(30(27)34-19-33-29)20-41-13-14-44(4,5)6/h10,12,15-16,19,21,23H,9,11,13-14,17-18,20H2,1-8H3,(H,33,34,35)/t21-,23+/m1/s1. The number of carbonyl (C=O) groups is 1. The first kappa shape index (κ1) is 35.2. The number of anilines is 1. The van der Waals surface area contributed by atoms with Crippen molar-refractivity contribution < 1.29 is 23.6 Å². The molecule has 1 aromatic carbocycles. The monoisotopic (exact) mass is 675 g/mol. The third kappa shape index (κ3) is 8.77. The largest absolute Gasteiger partial charge is 0.414 e. The summed E-state index contributed by atoms with van der Waals surface area (Å²) in [6.07, 6.45) is 4.87. The van der Waals surface area contributed by atoms with Gasteiger partial charge in [-0.2, -0.15) is 0 Å². The van der Waals surface area contributed by atoms with Gasteiger partial charge in [-0.1, -0.05) is 52.0 Å². The number of nitrogens with zero attached hydrogens (tertiary/aromatic N) is 4. The van der Waals surface area contributed by atoms with Crippen molar-refractivity contribution in [3.8, 4) is 0 Å². The molecule has 1 fully saturated rings. The maximum atomic E-state index is 13.9. The molecule has 45 heavy (non-hydrogen) atoms. The van der Waals surface area contributed by atoms with Gasteiger partial charge in [0.15, 0.2) is 14.1 Å². The number of hydrogen-bond donors (Lipinski definition) is 1. The number of nitro groups is 1. The molecule has 2 aromatic heterocycles. The number of ketones is 1. The normalized spacial score (nSPS) is 17.9. The molecule has 0 saturated carbocycles. The highest BCUT2D eigenvalue weighted by Gasteiger charge is 2.38. The lowest BCUT2D eigenvalue weighted by Gasteiger charge is -2.38. The number of hydrogen-bond acceptors (Lipinski definition) is 9. The molecule has 1 N–H and O–H groups in total. The summed E-state index contributed by atoms with van der Waals surface area (Å²) in [5, 5.41) is 15.4. The Morgan fingerprint density at radius 3 is 2.51 bits per heavy atom. The van der Waals surface area contributed by atoms with Crippen LogP contribution in [0, 0.1) is 10.1 Å². The van der Waals surface area contributed by atoms with Crippen molar-refractivity contribution in [2.45, 2.75) is 96.3 Å². The molecule has 0 bridgehead atoms.